The van der Waals surface area contributed by atoms with E-state index in [2.05, 4.69) is 9.56 Å². The van der Waals surface area contributed by atoms with Crippen LogP contribution in [0.4, 0.5) is 4.79 Å². The Hall–Kier alpha value is -1.86. The minimum atomic E-state index is -0.482. The number of benzene rings is 1. The molecule has 0 N–H and O–H groups in total. The van der Waals surface area contributed by atoms with E-state index in [1.54, 1.807) is 4.90 Å². The fourth-order valence-corrected chi connectivity index (χ4v) is 4.69. The van der Waals surface area contributed by atoms with Crippen LogP contribution in [-0.2, 0) is 16.1 Å². The summed E-state index contributed by atoms with van der Waals surface area (Å²) >= 11 is 7.59. The summed E-state index contributed by atoms with van der Waals surface area (Å²) in [6.45, 7) is 9.20. The van der Waals surface area contributed by atoms with Gasteiger partial charge in [-0.2, -0.15) is 4.99 Å². The Bertz CT molecular complexity index is 950. The van der Waals surface area contributed by atoms with Crippen molar-refractivity contribution >= 4 is 45.2 Å². The third-order valence-corrected chi connectivity index (χ3v) is 5.88. The Labute approximate surface area is 173 Å². The van der Waals surface area contributed by atoms with Crippen molar-refractivity contribution in [2.24, 2.45) is 10.9 Å². The second-order valence-corrected chi connectivity index (χ2v) is 9.59. The van der Waals surface area contributed by atoms with Gasteiger partial charge in [-0.25, -0.2) is 4.79 Å². The number of amides is 2. The summed E-state index contributed by atoms with van der Waals surface area (Å²) in [5.41, 5.74) is 0.549. The normalized spacial score (nSPS) is 16.6. The van der Waals surface area contributed by atoms with Gasteiger partial charge in [-0.05, 0) is 57.7 Å². The van der Waals surface area contributed by atoms with Crippen molar-refractivity contribution in [2.75, 3.05) is 13.1 Å². The number of nitrogens with zero attached hydrogens (tertiary/aromatic N) is 3. The maximum atomic E-state index is 12.3. The second-order valence-electron chi connectivity index (χ2n) is 8.15. The van der Waals surface area contributed by atoms with Crippen molar-refractivity contribution in [2.45, 2.75) is 52.7 Å². The smallest absolute Gasteiger partial charge is 0.410 e. The fraction of sp³-hybridized carbons (Fsp3) is 0.550. The van der Waals surface area contributed by atoms with E-state index in [9.17, 15) is 9.59 Å². The van der Waals surface area contributed by atoms with Gasteiger partial charge < -0.3 is 14.2 Å². The highest BCUT2D eigenvalue weighted by molar-refractivity contribution is 7.16. The molecule has 3 rings (SSSR count). The minimum Gasteiger partial charge on any atom is -0.444 e. The Balaban J connectivity index is 1.75. The summed E-state index contributed by atoms with van der Waals surface area (Å²) in [5, 5.41) is 0.668. The monoisotopic (exact) mass is 423 g/mol. The summed E-state index contributed by atoms with van der Waals surface area (Å²) in [4.78, 5) is 30.5. The number of halogens is 1. The summed E-state index contributed by atoms with van der Waals surface area (Å²) in [6, 6.07) is 5.74. The molecule has 2 aromatic rings. The lowest BCUT2D eigenvalue weighted by Crippen LogP contribution is -2.42. The lowest BCUT2D eigenvalue weighted by molar-refractivity contribution is -0.116. The molecule has 1 aliphatic rings. The maximum Gasteiger partial charge on any atom is 0.410 e. The van der Waals surface area contributed by atoms with Gasteiger partial charge in [0, 0.05) is 31.6 Å². The molecule has 0 saturated carbocycles. The zero-order valence-electron chi connectivity index (χ0n) is 16.7. The van der Waals surface area contributed by atoms with Crippen molar-refractivity contribution in [1.82, 2.24) is 9.47 Å². The molecule has 1 fully saturated rings. The van der Waals surface area contributed by atoms with Gasteiger partial charge in [-0.3, -0.25) is 4.79 Å². The van der Waals surface area contributed by atoms with E-state index in [0.29, 0.717) is 28.8 Å². The van der Waals surface area contributed by atoms with E-state index in [1.807, 2.05) is 39.0 Å². The molecule has 0 unspecified atom stereocenters. The number of carbonyl (C=O) groups excluding carboxylic acids is 2. The number of piperidine rings is 1. The number of fused-ring (bicyclic) bond motifs is 1. The molecular weight excluding hydrogens is 398 g/mol. The van der Waals surface area contributed by atoms with Crippen molar-refractivity contribution in [3.63, 3.8) is 0 Å². The van der Waals surface area contributed by atoms with Crippen molar-refractivity contribution in [1.29, 1.82) is 0 Å². The van der Waals surface area contributed by atoms with E-state index in [4.69, 9.17) is 16.3 Å². The van der Waals surface area contributed by atoms with E-state index < -0.39 is 5.60 Å². The van der Waals surface area contributed by atoms with Gasteiger partial charge in [-0.15, -0.1) is 0 Å². The van der Waals surface area contributed by atoms with Gasteiger partial charge in [-0.1, -0.05) is 22.9 Å². The van der Waals surface area contributed by atoms with Gasteiger partial charge in [0.05, 0.1) is 10.2 Å². The largest absolute Gasteiger partial charge is 0.444 e. The maximum absolute atomic E-state index is 12.3. The Morgan fingerprint density at radius 3 is 2.57 bits per heavy atom. The summed E-state index contributed by atoms with van der Waals surface area (Å²) in [7, 11) is 0. The number of carbonyl (C=O) groups is 2. The first-order valence-electron chi connectivity index (χ1n) is 9.44. The van der Waals surface area contributed by atoms with Crippen LogP contribution in [0.3, 0.4) is 0 Å². The molecule has 0 spiro atoms. The highest BCUT2D eigenvalue weighted by Crippen LogP contribution is 2.26. The van der Waals surface area contributed by atoms with Crippen LogP contribution in [0.25, 0.3) is 10.2 Å². The molecule has 0 bridgehead atoms. The SMILES string of the molecule is CC(=O)N=c1sc2cc(Cl)ccc2n1CC1CCN(C(=O)OC(C)(C)C)CC1. The van der Waals surface area contributed by atoms with Gasteiger partial charge in [0.1, 0.15) is 5.60 Å². The molecule has 28 heavy (non-hydrogen) atoms. The Kier molecular flexibility index (Phi) is 6.15. The van der Waals surface area contributed by atoms with Crippen LogP contribution in [0.1, 0.15) is 40.5 Å². The lowest BCUT2D eigenvalue weighted by Gasteiger charge is -2.33. The van der Waals surface area contributed by atoms with Crippen LogP contribution >= 0.6 is 22.9 Å². The molecule has 2 amide bonds. The Morgan fingerprint density at radius 2 is 1.96 bits per heavy atom. The topological polar surface area (TPSA) is 63.9 Å². The molecular formula is C20H26ClN3O3S. The molecule has 0 aliphatic carbocycles. The molecule has 1 saturated heterocycles. The average molecular weight is 424 g/mol. The van der Waals surface area contributed by atoms with Crippen molar-refractivity contribution in [3.05, 3.63) is 28.0 Å². The molecule has 152 valence electrons. The van der Waals surface area contributed by atoms with E-state index in [-0.39, 0.29) is 12.0 Å². The lowest BCUT2D eigenvalue weighted by atomic mass is 9.97. The predicted octanol–water partition coefficient (Wildman–Crippen LogP) is 4.45. The first kappa shape index (κ1) is 20.9. The highest BCUT2D eigenvalue weighted by Gasteiger charge is 2.27. The zero-order valence-corrected chi connectivity index (χ0v) is 18.3. The van der Waals surface area contributed by atoms with E-state index in [1.165, 1.54) is 18.3 Å². The van der Waals surface area contributed by atoms with Crippen LogP contribution in [-0.4, -0.2) is 40.2 Å². The number of hydrogen-bond donors (Lipinski definition) is 0. The van der Waals surface area contributed by atoms with Crippen molar-refractivity contribution in [3.8, 4) is 0 Å². The van der Waals surface area contributed by atoms with E-state index in [0.717, 1.165) is 29.6 Å². The minimum absolute atomic E-state index is 0.217. The number of rotatable bonds is 2. The number of hydrogen-bond acceptors (Lipinski definition) is 4. The number of ether oxygens (including phenoxy) is 1. The molecule has 0 radical (unpaired) electrons. The number of aromatic nitrogens is 1. The molecule has 6 nitrogen and oxygen atoms in total. The molecule has 1 aliphatic heterocycles. The first-order valence-corrected chi connectivity index (χ1v) is 10.6. The van der Waals surface area contributed by atoms with Crippen LogP contribution in [0.2, 0.25) is 5.02 Å². The average Bonchev–Trinajstić information content (AvgIpc) is 2.89. The third kappa shape index (κ3) is 5.14. The first-order chi connectivity index (χ1) is 13.1. The van der Waals surface area contributed by atoms with Gasteiger partial charge >= 0.3 is 6.09 Å². The summed E-state index contributed by atoms with van der Waals surface area (Å²) < 4.78 is 8.58. The molecule has 0 atom stereocenters. The highest BCUT2D eigenvalue weighted by atomic mass is 35.5. The zero-order chi connectivity index (χ0) is 20.5. The quantitative estimate of drug-likeness (QED) is 0.716. The van der Waals surface area contributed by atoms with Gasteiger partial charge in [0.15, 0.2) is 4.80 Å². The second kappa shape index (κ2) is 8.25. The number of likely N-dealkylation sites (tertiary alicyclic amines) is 1. The molecule has 8 heteroatoms. The van der Waals surface area contributed by atoms with Gasteiger partial charge in [0.2, 0.25) is 5.91 Å². The number of thiazole rings is 1. The Morgan fingerprint density at radius 1 is 1.29 bits per heavy atom. The van der Waals surface area contributed by atoms with Crippen LogP contribution in [0.15, 0.2) is 23.2 Å². The van der Waals surface area contributed by atoms with E-state index >= 15 is 0 Å². The van der Waals surface area contributed by atoms with Crippen molar-refractivity contribution < 1.29 is 14.3 Å². The molecule has 2 heterocycles. The molecule has 1 aromatic heterocycles. The van der Waals surface area contributed by atoms with Crippen LogP contribution in [0.5, 0.6) is 0 Å². The van der Waals surface area contributed by atoms with Crippen LogP contribution in [0, 0.1) is 5.92 Å². The van der Waals surface area contributed by atoms with Gasteiger partial charge in [0.25, 0.3) is 0 Å². The third-order valence-electron chi connectivity index (χ3n) is 4.60. The summed E-state index contributed by atoms with van der Waals surface area (Å²) in [5.74, 6) is 0.184. The predicted molar refractivity (Wildman–Crippen MR) is 112 cm³/mol. The fourth-order valence-electron chi connectivity index (χ4n) is 3.33. The molecule has 1 aromatic carbocycles. The summed E-state index contributed by atoms with van der Waals surface area (Å²) in [6.07, 6.45) is 1.52. The van der Waals surface area contributed by atoms with Crippen LogP contribution < -0.4 is 4.80 Å². The standard InChI is InChI=1S/C20H26ClN3O3S/c1-13(25)22-18-24(16-6-5-15(21)11-17(16)28-18)12-14-7-9-23(10-8-14)19(26)27-20(2,3)4/h5-6,11,14H,7-10,12H2,1-4H3.